The van der Waals surface area contributed by atoms with E-state index in [1.807, 2.05) is 0 Å². The van der Waals surface area contributed by atoms with Crippen molar-refractivity contribution in [3.63, 3.8) is 0 Å². The van der Waals surface area contributed by atoms with Crippen molar-refractivity contribution in [1.82, 2.24) is 19.4 Å². The second-order valence-corrected chi connectivity index (χ2v) is 7.61. The van der Waals surface area contributed by atoms with Crippen LogP contribution in [-0.4, -0.2) is 49.7 Å². The van der Waals surface area contributed by atoms with Crippen molar-refractivity contribution in [2.75, 3.05) is 13.1 Å². The maximum Gasteiger partial charge on any atom is 0.425 e. The Bertz CT molecular complexity index is 1160. The standard InChI is InChI=1S/C21H20F4N4O2/c1-28-9-6-26-19(28)20(31,21(23,24)25)11-18(30)29-7-4-13(5-8-29)16-12-27-17-10-14(22)2-3-15(16)17/h2-4,6,9-10,12,27,31H,5,7-8,11H2,1H3. The number of aromatic amines is 1. The molecule has 1 unspecified atom stereocenters. The molecule has 0 bridgehead atoms. The molecule has 0 radical (unpaired) electrons. The molecule has 1 amide bonds. The van der Waals surface area contributed by atoms with Crippen molar-refractivity contribution in [2.24, 2.45) is 7.05 Å². The highest BCUT2D eigenvalue weighted by molar-refractivity contribution is 5.93. The van der Waals surface area contributed by atoms with E-state index in [9.17, 15) is 27.5 Å². The number of alkyl halides is 3. The molecule has 0 saturated carbocycles. The van der Waals surface area contributed by atoms with Crippen LogP contribution in [-0.2, 0) is 17.4 Å². The number of hydrogen-bond acceptors (Lipinski definition) is 3. The van der Waals surface area contributed by atoms with Gasteiger partial charge in [-0.1, -0.05) is 6.08 Å². The molecule has 0 saturated heterocycles. The zero-order valence-electron chi connectivity index (χ0n) is 16.6. The highest BCUT2D eigenvalue weighted by atomic mass is 19.4. The summed E-state index contributed by atoms with van der Waals surface area (Å²) in [6.45, 7) is 0.309. The Labute approximate surface area is 174 Å². The number of aliphatic hydroxyl groups is 1. The third-order valence-corrected chi connectivity index (χ3v) is 5.62. The number of benzene rings is 1. The topological polar surface area (TPSA) is 74.2 Å². The summed E-state index contributed by atoms with van der Waals surface area (Å²) in [6.07, 6.45) is 0.119. The molecule has 3 aromatic rings. The number of rotatable bonds is 4. The van der Waals surface area contributed by atoms with Crippen LogP contribution in [0.3, 0.4) is 0 Å². The molecular formula is C21H20F4N4O2. The molecule has 6 nitrogen and oxygen atoms in total. The van der Waals surface area contributed by atoms with Crippen LogP contribution in [0.15, 0.2) is 42.9 Å². The highest BCUT2D eigenvalue weighted by Crippen LogP contribution is 2.41. The molecule has 0 spiro atoms. The lowest BCUT2D eigenvalue weighted by molar-refractivity contribution is -0.271. The van der Waals surface area contributed by atoms with Gasteiger partial charge in [-0.2, -0.15) is 13.2 Å². The van der Waals surface area contributed by atoms with Crippen LogP contribution in [0.4, 0.5) is 17.6 Å². The van der Waals surface area contributed by atoms with Crippen LogP contribution in [0, 0.1) is 5.82 Å². The van der Waals surface area contributed by atoms with E-state index in [2.05, 4.69) is 9.97 Å². The fourth-order valence-corrected chi connectivity index (χ4v) is 3.91. The predicted molar refractivity (Wildman–Crippen MR) is 105 cm³/mol. The number of H-pyrrole nitrogens is 1. The summed E-state index contributed by atoms with van der Waals surface area (Å²) < 4.78 is 55.5. The minimum absolute atomic E-state index is 0.108. The van der Waals surface area contributed by atoms with Gasteiger partial charge in [-0.25, -0.2) is 9.37 Å². The number of nitrogens with one attached hydrogen (secondary N) is 1. The lowest BCUT2D eigenvalue weighted by atomic mass is 9.95. The molecule has 1 aliphatic rings. The Balaban J connectivity index is 1.53. The van der Waals surface area contributed by atoms with Crippen molar-refractivity contribution in [1.29, 1.82) is 0 Å². The zero-order valence-corrected chi connectivity index (χ0v) is 16.6. The van der Waals surface area contributed by atoms with E-state index >= 15 is 0 Å². The van der Waals surface area contributed by atoms with Gasteiger partial charge in [-0.05, 0) is 30.2 Å². The molecule has 31 heavy (non-hydrogen) atoms. The average Bonchev–Trinajstić information content (AvgIpc) is 3.33. The first-order valence-corrected chi connectivity index (χ1v) is 9.61. The lowest BCUT2D eigenvalue weighted by Gasteiger charge is -2.33. The zero-order chi connectivity index (χ0) is 22.4. The summed E-state index contributed by atoms with van der Waals surface area (Å²) in [6, 6.07) is 4.40. The monoisotopic (exact) mass is 436 g/mol. The van der Waals surface area contributed by atoms with Gasteiger partial charge >= 0.3 is 6.18 Å². The SMILES string of the molecule is Cn1ccnc1C(O)(CC(=O)N1CC=C(c2c[nH]c3cc(F)ccc23)CC1)C(F)(F)F. The molecular weight excluding hydrogens is 416 g/mol. The summed E-state index contributed by atoms with van der Waals surface area (Å²) in [7, 11) is 1.33. The number of fused-ring (bicyclic) bond motifs is 1. The number of aryl methyl sites for hydroxylation is 1. The number of hydrogen-bond donors (Lipinski definition) is 2. The van der Waals surface area contributed by atoms with E-state index < -0.39 is 29.9 Å². The predicted octanol–water partition coefficient (Wildman–Crippen LogP) is 3.50. The minimum atomic E-state index is -5.07. The van der Waals surface area contributed by atoms with Crippen LogP contribution in [0.2, 0.25) is 0 Å². The van der Waals surface area contributed by atoms with E-state index in [1.165, 1.54) is 30.3 Å². The molecule has 4 rings (SSSR count). The summed E-state index contributed by atoms with van der Waals surface area (Å²) >= 11 is 0. The molecule has 164 valence electrons. The molecule has 10 heteroatoms. The van der Waals surface area contributed by atoms with Gasteiger partial charge in [0, 0.05) is 55.2 Å². The number of amides is 1. The van der Waals surface area contributed by atoms with Gasteiger partial charge in [0.2, 0.25) is 11.5 Å². The van der Waals surface area contributed by atoms with Gasteiger partial charge in [-0.3, -0.25) is 4.79 Å². The summed E-state index contributed by atoms with van der Waals surface area (Å²) in [5, 5.41) is 11.3. The first-order valence-electron chi connectivity index (χ1n) is 9.61. The van der Waals surface area contributed by atoms with Crippen molar-refractivity contribution >= 4 is 22.4 Å². The summed E-state index contributed by atoms with van der Waals surface area (Å²) in [4.78, 5) is 20.6. The van der Waals surface area contributed by atoms with E-state index in [0.717, 1.165) is 27.3 Å². The molecule has 2 N–H and O–H groups in total. The fraction of sp³-hybridized carbons (Fsp3) is 0.333. The molecule has 2 aromatic heterocycles. The van der Waals surface area contributed by atoms with E-state index in [-0.39, 0.29) is 18.9 Å². The molecule has 1 atom stereocenters. The fourth-order valence-electron chi connectivity index (χ4n) is 3.91. The van der Waals surface area contributed by atoms with Crippen molar-refractivity contribution in [3.8, 4) is 0 Å². The van der Waals surface area contributed by atoms with Gasteiger partial charge in [-0.15, -0.1) is 0 Å². The minimum Gasteiger partial charge on any atom is -0.374 e. The van der Waals surface area contributed by atoms with Gasteiger partial charge in [0.1, 0.15) is 5.82 Å². The van der Waals surface area contributed by atoms with Crippen molar-refractivity contribution in [2.45, 2.75) is 24.6 Å². The smallest absolute Gasteiger partial charge is 0.374 e. The van der Waals surface area contributed by atoms with E-state index in [0.29, 0.717) is 11.9 Å². The van der Waals surface area contributed by atoms with Crippen LogP contribution in [0.25, 0.3) is 16.5 Å². The maximum atomic E-state index is 13.7. The van der Waals surface area contributed by atoms with E-state index in [1.54, 1.807) is 18.3 Å². The van der Waals surface area contributed by atoms with Crippen LogP contribution in [0.5, 0.6) is 0 Å². The largest absolute Gasteiger partial charge is 0.425 e. The Morgan fingerprint density at radius 2 is 2.10 bits per heavy atom. The summed E-state index contributed by atoms with van der Waals surface area (Å²) in [5.74, 6) is -1.81. The molecule has 0 aliphatic carbocycles. The normalized spacial score (nSPS) is 17.0. The molecule has 0 fully saturated rings. The Kier molecular flexibility index (Phi) is 5.12. The molecule has 1 aliphatic heterocycles. The Morgan fingerprint density at radius 3 is 2.71 bits per heavy atom. The first-order chi connectivity index (χ1) is 14.6. The van der Waals surface area contributed by atoms with Crippen LogP contribution < -0.4 is 0 Å². The average molecular weight is 436 g/mol. The van der Waals surface area contributed by atoms with Crippen LogP contribution >= 0.6 is 0 Å². The Morgan fingerprint density at radius 1 is 1.32 bits per heavy atom. The third kappa shape index (κ3) is 3.71. The van der Waals surface area contributed by atoms with Crippen molar-refractivity contribution in [3.05, 3.63) is 60.1 Å². The maximum absolute atomic E-state index is 13.7. The number of halogens is 4. The number of carbonyl (C=O) groups excluding carboxylic acids is 1. The van der Waals surface area contributed by atoms with E-state index in [4.69, 9.17) is 0 Å². The lowest BCUT2D eigenvalue weighted by Crippen LogP contribution is -2.49. The number of aromatic nitrogens is 3. The second-order valence-electron chi connectivity index (χ2n) is 7.61. The van der Waals surface area contributed by atoms with Gasteiger partial charge in [0.05, 0.1) is 6.42 Å². The van der Waals surface area contributed by atoms with Gasteiger partial charge < -0.3 is 19.6 Å². The van der Waals surface area contributed by atoms with Gasteiger partial charge in [0.15, 0.2) is 5.82 Å². The number of imidazole rings is 1. The van der Waals surface area contributed by atoms with Gasteiger partial charge in [0.25, 0.3) is 0 Å². The van der Waals surface area contributed by atoms with Crippen LogP contribution in [0.1, 0.15) is 24.2 Å². The molecule has 3 heterocycles. The van der Waals surface area contributed by atoms with Crippen molar-refractivity contribution < 1.29 is 27.5 Å². The number of nitrogens with zero attached hydrogens (tertiary/aromatic N) is 3. The molecule has 1 aromatic carbocycles. The third-order valence-electron chi connectivity index (χ3n) is 5.62. The Hall–Kier alpha value is -3.14. The highest BCUT2D eigenvalue weighted by Gasteiger charge is 2.59. The summed E-state index contributed by atoms with van der Waals surface area (Å²) in [5.41, 5.74) is -0.966. The first kappa shape index (κ1) is 21.1. The number of carbonyl (C=O) groups is 1. The second kappa shape index (κ2) is 7.52. The quantitative estimate of drug-likeness (QED) is 0.615.